The van der Waals surface area contributed by atoms with Gasteiger partial charge in [0.15, 0.2) is 0 Å². The Balaban J connectivity index is 1.76. The fourth-order valence-corrected chi connectivity index (χ4v) is 4.92. The van der Waals surface area contributed by atoms with Crippen LogP contribution in [0, 0.1) is 29.1 Å². The van der Waals surface area contributed by atoms with Crippen LogP contribution in [0.15, 0.2) is 18.2 Å². The molecule has 2 aliphatic rings. The molecule has 2 saturated heterocycles. The summed E-state index contributed by atoms with van der Waals surface area (Å²) >= 11 is 0. The van der Waals surface area contributed by atoms with E-state index < -0.39 is 17.3 Å². The lowest BCUT2D eigenvalue weighted by Gasteiger charge is -2.36. The molecule has 7 nitrogen and oxygen atoms in total. The molecule has 2 N–H and O–H groups in total. The molecule has 2 atom stereocenters. The van der Waals surface area contributed by atoms with E-state index in [2.05, 4.69) is 10.6 Å². The number of amides is 3. The molecule has 1 aromatic carbocycles. The maximum Gasteiger partial charge on any atom is 0.417 e. The van der Waals surface area contributed by atoms with Crippen molar-refractivity contribution in [3.05, 3.63) is 29.3 Å². The summed E-state index contributed by atoms with van der Waals surface area (Å²) in [5, 5.41) is 14.6. The van der Waals surface area contributed by atoms with Crippen molar-refractivity contribution in [1.29, 1.82) is 5.26 Å². The minimum Gasteiger partial charge on any atom is -0.370 e. The van der Waals surface area contributed by atoms with Crippen LogP contribution in [0.25, 0.3) is 0 Å². The molecule has 2 heterocycles. The van der Waals surface area contributed by atoms with Crippen molar-refractivity contribution in [2.45, 2.75) is 32.4 Å². The number of alkyl halides is 3. The van der Waals surface area contributed by atoms with Gasteiger partial charge in [-0.3, -0.25) is 4.79 Å². The first-order chi connectivity index (χ1) is 15.7. The largest absolute Gasteiger partial charge is 0.417 e. The molecular weight excluding hydrogens is 435 g/mol. The lowest BCUT2D eigenvalue weighted by Crippen LogP contribution is -2.46. The quantitative estimate of drug-likeness (QED) is 0.699. The van der Waals surface area contributed by atoms with Crippen molar-refractivity contribution < 1.29 is 22.8 Å². The van der Waals surface area contributed by atoms with Crippen LogP contribution in [0.4, 0.5) is 23.7 Å². The summed E-state index contributed by atoms with van der Waals surface area (Å²) in [5.74, 6) is -0.329. The van der Waals surface area contributed by atoms with Crippen molar-refractivity contribution in [2.24, 2.45) is 17.8 Å². The first-order valence-corrected chi connectivity index (χ1v) is 11.3. The summed E-state index contributed by atoms with van der Waals surface area (Å²) in [4.78, 5) is 28.4. The molecule has 2 aliphatic heterocycles. The average molecular weight is 466 g/mol. The zero-order valence-corrected chi connectivity index (χ0v) is 18.9. The van der Waals surface area contributed by atoms with Crippen molar-refractivity contribution in [1.82, 2.24) is 15.5 Å². The summed E-state index contributed by atoms with van der Waals surface area (Å²) in [6.07, 6.45) is -2.29. The number of nitriles is 1. The molecule has 0 radical (unpaired) electrons. The Morgan fingerprint density at radius 2 is 1.91 bits per heavy atom. The fraction of sp³-hybridized carbons (Fsp3) is 0.609. The number of carbonyl (C=O) groups excluding carboxylic acids is 2. The molecule has 0 bridgehead atoms. The normalized spacial score (nSPS) is 21.6. The van der Waals surface area contributed by atoms with Gasteiger partial charge >= 0.3 is 12.2 Å². The summed E-state index contributed by atoms with van der Waals surface area (Å²) in [6, 6.07) is 5.22. The van der Waals surface area contributed by atoms with Gasteiger partial charge in [0.25, 0.3) is 0 Å². The number of hydrogen-bond acceptors (Lipinski definition) is 4. The van der Waals surface area contributed by atoms with E-state index in [1.807, 2.05) is 6.92 Å². The molecule has 0 aromatic heterocycles. The van der Waals surface area contributed by atoms with Crippen LogP contribution in [0.2, 0.25) is 0 Å². The lowest BCUT2D eigenvalue weighted by atomic mass is 9.78. The van der Waals surface area contributed by atoms with Gasteiger partial charge in [-0.15, -0.1) is 0 Å². The molecule has 2 fully saturated rings. The number of hydrogen-bond donors (Lipinski definition) is 2. The van der Waals surface area contributed by atoms with E-state index in [4.69, 9.17) is 5.26 Å². The standard InChI is InChI=1S/C23H30F3N5O2/c1-3-8-29-22(33)30-9-6-15(7-10-30)18-13-31(14-19(18)21(32)28-2)17-5-4-16(12-27)20(11-17)23(24,25)26/h4-5,11,15,18-19H,3,6-10,13-14H2,1-2H3,(H,28,32)(H,29,33)/t18-,19+/m0/s1. The number of nitrogens with zero attached hydrogens (tertiary/aromatic N) is 3. The van der Waals surface area contributed by atoms with Crippen LogP contribution < -0.4 is 15.5 Å². The molecule has 33 heavy (non-hydrogen) atoms. The summed E-state index contributed by atoms with van der Waals surface area (Å²) in [5.41, 5.74) is -1.03. The Bertz CT molecular complexity index is 906. The zero-order valence-electron chi connectivity index (χ0n) is 18.9. The van der Waals surface area contributed by atoms with E-state index in [1.54, 1.807) is 22.9 Å². The monoisotopic (exact) mass is 465 g/mol. The number of urea groups is 1. The van der Waals surface area contributed by atoms with Crippen LogP contribution in [0.3, 0.4) is 0 Å². The van der Waals surface area contributed by atoms with E-state index in [0.29, 0.717) is 38.4 Å². The molecule has 10 heteroatoms. The minimum absolute atomic E-state index is 0.0317. The van der Waals surface area contributed by atoms with E-state index in [1.165, 1.54) is 12.1 Å². The second-order valence-corrected chi connectivity index (χ2v) is 8.69. The van der Waals surface area contributed by atoms with Gasteiger partial charge in [0.1, 0.15) is 0 Å². The van der Waals surface area contributed by atoms with Crippen LogP contribution in [-0.2, 0) is 11.0 Å². The van der Waals surface area contributed by atoms with Crippen molar-refractivity contribution >= 4 is 17.6 Å². The molecule has 3 amide bonds. The van der Waals surface area contributed by atoms with Crippen molar-refractivity contribution in [3.8, 4) is 6.07 Å². The number of carbonyl (C=O) groups is 2. The number of nitrogens with one attached hydrogen (secondary N) is 2. The van der Waals surface area contributed by atoms with E-state index in [-0.39, 0.29) is 29.7 Å². The minimum atomic E-state index is -4.63. The van der Waals surface area contributed by atoms with Gasteiger partial charge in [0.05, 0.1) is 23.1 Å². The fourth-order valence-electron chi connectivity index (χ4n) is 4.92. The third-order valence-electron chi connectivity index (χ3n) is 6.70. The van der Waals surface area contributed by atoms with Gasteiger partial charge in [0, 0.05) is 45.5 Å². The molecule has 180 valence electrons. The maximum absolute atomic E-state index is 13.4. The molecule has 0 unspecified atom stereocenters. The molecule has 0 saturated carbocycles. The number of halogens is 3. The Kier molecular flexibility index (Phi) is 7.72. The second kappa shape index (κ2) is 10.3. The van der Waals surface area contributed by atoms with Crippen LogP contribution >= 0.6 is 0 Å². The third kappa shape index (κ3) is 5.52. The lowest BCUT2D eigenvalue weighted by molar-refractivity contribution is -0.137. The van der Waals surface area contributed by atoms with Crippen LogP contribution in [-0.4, -0.2) is 56.6 Å². The number of rotatable bonds is 5. The molecule has 1 aromatic rings. The SMILES string of the molecule is CCCNC(=O)N1CCC([C@@H]2CN(c3ccc(C#N)c(C(F)(F)F)c3)C[C@H]2C(=O)NC)CC1. The van der Waals surface area contributed by atoms with Gasteiger partial charge in [-0.05, 0) is 49.3 Å². The number of benzene rings is 1. The summed E-state index contributed by atoms with van der Waals surface area (Å²) in [7, 11) is 1.56. The van der Waals surface area contributed by atoms with Gasteiger partial charge in [-0.2, -0.15) is 18.4 Å². The first-order valence-electron chi connectivity index (χ1n) is 11.3. The van der Waals surface area contributed by atoms with E-state index in [0.717, 1.165) is 25.3 Å². The topological polar surface area (TPSA) is 88.5 Å². The highest BCUT2D eigenvalue weighted by atomic mass is 19.4. The highest BCUT2D eigenvalue weighted by Gasteiger charge is 2.43. The van der Waals surface area contributed by atoms with Crippen molar-refractivity contribution in [3.63, 3.8) is 0 Å². The van der Waals surface area contributed by atoms with Crippen LogP contribution in [0.5, 0.6) is 0 Å². The van der Waals surface area contributed by atoms with E-state index >= 15 is 0 Å². The van der Waals surface area contributed by atoms with E-state index in [9.17, 15) is 22.8 Å². The van der Waals surface area contributed by atoms with Gasteiger partial charge < -0.3 is 20.4 Å². The number of likely N-dealkylation sites (tertiary alicyclic amines) is 1. The smallest absolute Gasteiger partial charge is 0.370 e. The van der Waals surface area contributed by atoms with Crippen molar-refractivity contribution in [2.75, 3.05) is 44.7 Å². The highest BCUT2D eigenvalue weighted by Crippen LogP contribution is 2.40. The maximum atomic E-state index is 13.4. The first kappa shape index (κ1) is 24.7. The van der Waals surface area contributed by atoms with Crippen LogP contribution in [0.1, 0.15) is 37.3 Å². The van der Waals surface area contributed by atoms with Gasteiger partial charge in [-0.1, -0.05) is 6.92 Å². The molecule has 3 rings (SSSR count). The Hall–Kier alpha value is -2.96. The predicted molar refractivity (Wildman–Crippen MR) is 117 cm³/mol. The molecule has 0 aliphatic carbocycles. The summed E-state index contributed by atoms with van der Waals surface area (Å²) < 4.78 is 40.3. The second-order valence-electron chi connectivity index (χ2n) is 8.69. The predicted octanol–water partition coefficient (Wildman–Crippen LogP) is 3.21. The Morgan fingerprint density at radius 1 is 1.21 bits per heavy atom. The summed E-state index contributed by atoms with van der Waals surface area (Å²) in [6.45, 7) is 4.56. The zero-order chi connectivity index (χ0) is 24.2. The Labute approximate surface area is 191 Å². The molecule has 0 spiro atoms. The average Bonchev–Trinajstić information content (AvgIpc) is 3.26. The number of anilines is 1. The highest BCUT2D eigenvalue weighted by molar-refractivity contribution is 5.80. The number of piperidine rings is 1. The van der Waals surface area contributed by atoms with Gasteiger partial charge in [-0.25, -0.2) is 4.79 Å². The van der Waals surface area contributed by atoms with Gasteiger partial charge in [0.2, 0.25) is 5.91 Å². The third-order valence-corrected chi connectivity index (χ3v) is 6.70. The Morgan fingerprint density at radius 3 is 2.48 bits per heavy atom. The molecular formula is C23H30F3N5O2.